The number of hydrogen-bond donors (Lipinski definition) is 1. The zero-order chi connectivity index (χ0) is 14.5. The third-order valence-corrected chi connectivity index (χ3v) is 3.07. The fourth-order valence-corrected chi connectivity index (χ4v) is 1.97. The van der Waals surface area contributed by atoms with Gasteiger partial charge in [-0.1, -0.05) is 11.8 Å². The summed E-state index contributed by atoms with van der Waals surface area (Å²) >= 11 is 1.04. The molecule has 0 fully saturated rings. The van der Waals surface area contributed by atoms with Gasteiger partial charge in [0.1, 0.15) is 11.6 Å². The fourth-order valence-electron chi connectivity index (χ4n) is 1.34. The van der Waals surface area contributed by atoms with Crippen LogP contribution < -0.4 is 5.73 Å². The summed E-state index contributed by atoms with van der Waals surface area (Å²) in [6.45, 7) is 1.50. The summed E-state index contributed by atoms with van der Waals surface area (Å²) in [7, 11) is 0. The molecule has 0 aliphatic heterocycles. The molecule has 7 nitrogen and oxygen atoms in total. The molecule has 2 aromatic heterocycles. The van der Waals surface area contributed by atoms with Crippen LogP contribution in [0.25, 0.3) is 11.7 Å². The molecule has 0 aliphatic carbocycles. The Morgan fingerprint density at radius 3 is 2.95 bits per heavy atom. The largest absolute Gasteiger partial charge is 0.459 e. The van der Waals surface area contributed by atoms with Crippen molar-refractivity contribution < 1.29 is 13.6 Å². The fraction of sp³-hybridized carbons (Fsp3) is 0.167. The van der Waals surface area contributed by atoms with Gasteiger partial charge in [-0.05, 0) is 19.1 Å². The van der Waals surface area contributed by atoms with Gasteiger partial charge in [0, 0.05) is 5.70 Å². The number of Topliss-reactive ketones (excluding diaryl/α,β-unsaturated/α-hetero) is 1. The van der Waals surface area contributed by atoms with Gasteiger partial charge in [0.15, 0.2) is 11.5 Å². The first-order valence-corrected chi connectivity index (χ1v) is 6.50. The molecular weight excluding hydrogens is 280 g/mol. The molecule has 20 heavy (non-hydrogen) atoms. The van der Waals surface area contributed by atoms with Crippen LogP contribution in [0.2, 0.25) is 0 Å². The van der Waals surface area contributed by atoms with Crippen LogP contribution in [-0.4, -0.2) is 21.7 Å². The molecule has 0 saturated heterocycles. The molecule has 2 rings (SSSR count). The maximum Gasteiger partial charge on any atom is 0.284 e. The van der Waals surface area contributed by atoms with Crippen molar-refractivity contribution in [1.29, 1.82) is 5.26 Å². The van der Waals surface area contributed by atoms with E-state index in [1.165, 1.54) is 13.2 Å². The molecule has 0 unspecified atom stereocenters. The number of nitrogens with two attached hydrogens (primary N) is 1. The summed E-state index contributed by atoms with van der Waals surface area (Å²) in [6, 6.07) is 5.16. The van der Waals surface area contributed by atoms with E-state index in [0.29, 0.717) is 5.76 Å². The number of hydrogen-bond acceptors (Lipinski definition) is 8. The van der Waals surface area contributed by atoms with Crippen molar-refractivity contribution in [2.45, 2.75) is 12.1 Å². The second kappa shape index (κ2) is 6.08. The number of allylic oxidation sites excluding steroid dienone is 2. The minimum atomic E-state index is -0.379. The van der Waals surface area contributed by atoms with Gasteiger partial charge < -0.3 is 14.6 Å². The highest BCUT2D eigenvalue weighted by Gasteiger charge is 2.15. The molecule has 102 valence electrons. The average molecular weight is 290 g/mol. The Balaban J connectivity index is 2.01. The van der Waals surface area contributed by atoms with Crippen molar-refractivity contribution in [1.82, 2.24) is 10.2 Å². The molecule has 2 N–H and O–H groups in total. The lowest BCUT2D eigenvalue weighted by molar-refractivity contribution is -0.112. The lowest BCUT2D eigenvalue weighted by Crippen LogP contribution is -2.10. The van der Waals surface area contributed by atoms with Crippen molar-refractivity contribution >= 4 is 17.5 Å². The van der Waals surface area contributed by atoms with Gasteiger partial charge in [-0.3, -0.25) is 4.79 Å². The maximum atomic E-state index is 11.7. The summed E-state index contributed by atoms with van der Waals surface area (Å²) in [5.74, 6) is 0.300. The van der Waals surface area contributed by atoms with Gasteiger partial charge >= 0.3 is 0 Å². The standard InChI is InChI=1S/C12H10N4O3S/c1-7(14)8(5-13)9(17)6-20-12-16-15-11(19-12)10-3-2-4-18-10/h2-4H,6,14H2,1H3. The predicted octanol–water partition coefficient (Wildman–Crippen LogP) is 1.75. The topological polar surface area (TPSA) is 119 Å². The number of nitriles is 1. The van der Waals surface area contributed by atoms with Crippen molar-refractivity contribution in [3.8, 4) is 17.7 Å². The van der Waals surface area contributed by atoms with E-state index in [-0.39, 0.29) is 33.9 Å². The summed E-state index contributed by atoms with van der Waals surface area (Å²) in [6.07, 6.45) is 1.49. The minimum absolute atomic E-state index is 0.00276. The van der Waals surface area contributed by atoms with Gasteiger partial charge in [0.25, 0.3) is 11.1 Å². The van der Waals surface area contributed by atoms with Crippen LogP contribution in [0.15, 0.2) is 43.7 Å². The number of furan rings is 1. The third-order valence-electron chi connectivity index (χ3n) is 2.25. The first-order valence-electron chi connectivity index (χ1n) is 5.51. The van der Waals surface area contributed by atoms with Gasteiger partial charge in [0.2, 0.25) is 0 Å². The Labute approximate surface area is 118 Å². The molecule has 0 amide bonds. The van der Waals surface area contributed by atoms with Crippen LogP contribution >= 0.6 is 11.8 Å². The maximum absolute atomic E-state index is 11.7. The number of thioether (sulfide) groups is 1. The molecule has 0 atom stereocenters. The molecule has 0 bridgehead atoms. The van der Waals surface area contributed by atoms with Gasteiger partial charge in [-0.25, -0.2) is 0 Å². The SMILES string of the molecule is CC(N)=C(C#N)C(=O)CSc1nnc(-c2ccco2)o1. The van der Waals surface area contributed by atoms with E-state index in [1.54, 1.807) is 18.2 Å². The number of rotatable bonds is 5. The molecule has 0 aliphatic rings. The van der Waals surface area contributed by atoms with Crippen LogP contribution in [0.5, 0.6) is 0 Å². The number of ketones is 1. The van der Waals surface area contributed by atoms with Crippen molar-refractivity contribution in [2.24, 2.45) is 5.73 Å². The van der Waals surface area contributed by atoms with Crippen LogP contribution in [0.4, 0.5) is 0 Å². The quantitative estimate of drug-likeness (QED) is 0.502. The smallest absolute Gasteiger partial charge is 0.284 e. The van der Waals surface area contributed by atoms with E-state index in [2.05, 4.69) is 10.2 Å². The zero-order valence-electron chi connectivity index (χ0n) is 10.5. The molecular formula is C12H10N4O3S. The van der Waals surface area contributed by atoms with Crippen LogP contribution in [0.1, 0.15) is 6.92 Å². The van der Waals surface area contributed by atoms with E-state index in [1.807, 2.05) is 0 Å². The zero-order valence-corrected chi connectivity index (χ0v) is 11.3. The number of carbonyl (C=O) groups excluding carboxylic acids is 1. The van der Waals surface area contributed by atoms with Crippen LogP contribution in [0, 0.1) is 11.3 Å². The Morgan fingerprint density at radius 2 is 2.35 bits per heavy atom. The number of carbonyl (C=O) groups is 1. The van der Waals surface area contributed by atoms with Gasteiger partial charge in [-0.2, -0.15) is 5.26 Å². The highest BCUT2D eigenvalue weighted by molar-refractivity contribution is 7.99. The van der Waals surface area contributed by atoms with Crippen LogP contribution in [0.3, 0.4) is 0 Å². The molecule has 0 aromatic carbocycles. The number of nitrogens with zero attached hydrogens (tertiary/aromatic N) is 3. The lowest BCUT2D eigenvalue weighted by Gasteiger charge is -1.98. The van der Waals surface area contributed by atoms with Gasteiger partial charge in [-0.15, -0.1) is 10.2 Å². The molecule has 2 aromatic rings. The average Bonchev–Trinajstić information content (AvgIpc) is 3.07. The first-order chi connectivity index (χ1) is 9.61. The Kier molecular flexibility index (Phi) is 4.22. The van der Waals surface area contributed by atoms with E-state index in [4.69, 9.17) is 19.8 Å². The van der Waals surface area contributed by atoms with E-state index >= 15 is 0 Å². The second-order valence-corrected chi connectivity index (χ2v) is 4.66. The van der Waals surface area contributed by atoms with Crippen molar-refractivity contribution in [3.63, 3.8) is 0 Å². The van der Waals surface area contributed by atoms with Crippen molar-refractivity contribution in [2.75, 3.05) is 5.75 Å². The normalized spacial score (nSPS) is 11.8. The summed E-state index contributed by atoms with van der Waals surface area (Å²) in [5.41, 5.74) is 5.59. The highest BCUT2D eigenvalue weighted by atomic mass is 32.2. The Bertz CT molecular complexity index is 678. The monoisotopic (exact) mass is 290 g/mol. The number of aromatic nitrogens is 2. The summed E-state index contributed by atoms with van der Waals surface area (Å²) < 4.78 is 10.4. The molecule has 8 heteroatoms. The van der Waals surface area contributed by atoms with Gasteiger partial charge in [0.05, 0.1) is 12.0 Å². The Morgan fingerprint density at radius 1 is 1.55 bits per heavy atom. The summed E-state index contributed by atoms with van der Waals surface area (Å²) in [4.78, 5) is 11.7. The minimum Gasteiger partial charge on any atom is -0.459 e. The molecule has 0 saturated carbocycles. The highest BCUT2D eigenvalue weighted by Crippen LogP contribution is 2.23. The lowest BCUT2D eigenvalue weighted by atomic mass is 10.2. The second-order valence-electron chi connectivity index (χ2n) is 3.73. The van der Waals surface area contributed by atoms with E-state index in [0.717, 1.165) is 11.8 Å². The molecule has 2 heterocycles. The third kappa shape index (κ3) is 3.07. The Hall–Kier alpha value is -2.53. The van der Waals surface area contributed by atoms with Crippen molar-refractivity contribution in [3.05, 3.63) is 29.7 Å². The van der Waals surface area contributed by atoms with Crippen LogP contribution in [-0.2, 0) is 4.79 Å². The van der Waals surface area contributed by atoms with E-state index in [9.17, 15) is 4.79 Å². The summed E-state index contributed by atoms with van der Waals surface area (Å²) in [5, 5.41) is 16.6. The first kappa shape index (κ1) is 13.9. The molecule has 0 spiro atoms. The molecule has 0 radical (unpaired) electrons. The van der Waals surface area contributed by atoms with E-state index < -0.39 is 0 Å². The predicted molar refractivity (Wildman–Crippen MR) is 70.2 cm³/mol.